The SMILES string of the molecule is COCC(C)Oc1ccc(Cl)cc1S(=O)(=O)N1CCCC(N)C1.Cl. The first-order chi connectivity index (χ1) is 10.8. The minimum Gasteiger partial charge on any atom is -0.487 e. The van der Waals surface area contributed by atoms with E-state index in [-0.39, 0.29) is 35.2 Å². The van der Waals surface area contributed by atoms with Crippen molar-refractivity contribution in [3.8, 4) is 5.75 Å². The van der Waals surface area contributed by atoms with E-state index in [4.69, 9.17) is 26.8 Å². The Labute approximate surface area is 154 Å². The molecule has 0 saturated carbocycles. The molecule has 0 amide bonds. The maximum Gasteiger partial charge on any atom is 0.246 e. The van der Waals surface area contributed by atoms with E-state index < -0.39 is 10.0 Å². The zero-order valence-electron chi connectivity index (χ0n) is 13.8. The van der Waals surface area contributed by atoms with Gasteiger partial charge in [-0.2, -0.15) is 4.31 Å². The normalized spacial score (nSPS) is 20.2. The molecule has 1 aliphatic rings. The molecule has 0 aromatic heterocycles. The van der Waals surface area contributed by atoms with Gasteiger partial charge in [-0.25, -0.2) is 8.42 Å². The highest BCUT2D eigenvalue weighted by Gasteiger charge is 2.31. The quantitative estimate of drug-likeness (QED) is 0.794. The lowest BCUT2D eigenvalue weighted by atomic mass is 10.1. The van der Waals surface area contributed by atoms with Crippen LogP contribution in [0.3, 0.4) is 0 Å². The molecule has 1 aliphatic heterocycles. The number of methoxy groups -OCH3 is 1. The summed E-state index contributed by atoms with van der Waals surface area (Å²) in [6.45, 7) is 2.93. The molecule has 2 unspecified atom stereocenters. The van der Waals surface area contributed by atoms with Crippen LogP contribution >= 0.6 is 24.0 Å². The minimum absolute atomic E-state index is 0. The highest BCUT2D eigenvalue weighted by molar-refractivity contribution is 7.89. The van der Waals surface area contributed by atoms with Crippen LogP contribution in [0.2, 0.25) is 5.02 Å². The number of ether oxygens (including phenoxy) is 2. The summed E-state index contributed by atoms with van der Waals surface area (Å²) in [5.41, 5.74) is 5.91. The molecule has 2 atom stereocenters. The van der Waals surface area contributed by atoms with E-state index in [2.05, 4.69) is 0 Å². The summed E-state index contributed by atoms with van der Waals surface area (Å²) < 4.78 is 38.0. The van der Waals surface area contributed by atoms with Crippen LogP contribution in [-0.2, 0) is 14.8 Å². The van der Waals surface area contributed by atoms with Crippen LogP contribution in [-0.4, -0.2) is 51.7 Å². The second-order valence-corrected chi connectivity index (χ2v) is 8.08. The number of hydrogen-bond donors (Lipinski definition) is 1. The maximum atomic E-state index is 12.9. The Morgan fingerprint density at radius 3 is 2.79 bits per heavy atom. The molecule has 1 aromatic rings. The van der Waals surface area contributed by atoms with Crippen molar-refractivity contribution in [3.63, 3.8) is 0 Å². The van der Waals surface area contributed by atoms with Gasteiger partial charge in [-0.15, -0.1) is 12.4 Å². The van der Waals surface area contributed by atoms with Crippen LogP contribution in [0, 0.1) is 0 Å². The highest BCUT2D eigenvalue weighted by atomic mass is 35.5. The zero-order valence-corrected chi connectivity index (χ0v) is 16.2. The lowest BCUT2D eigenvalue weighted by Gasteiger charge is -2.30. The minimum atomic E-state index is -3.71. The average molecular weight is 399 g/mol. The number of sulfonamides is 1. The van der Waals surface area contributed by atoms with Gasteiger partial charge in [0.05, 0.1) is 6.61 Å². The molecule has 1 heterocycles. The van der Waals surface area contributed by atoms with Crippen molar-refractivity contribution in [1.29, 1.82) is 0 Å². The van der Waals surface area contributed by atoms with Gasteiger partial charge in [-0.1, -0.05) is 11.6 Å². The first kappa shape index (κ1) is 21.5. The van der Waals surface area contributed by atoms with E-state index in [1.54, 1.807) is 19.2 Å². The molecule has 1 saturated heterocycles. The first-order valence-corrected chi connectivity index (χ1v) is 9.37. The number of halogens is 2. The van der Waals surface area contributed by atoms with E-state index >= 15 is 0 Å². The maximum absolute atomic E-state index is 12.9. The van der Waals surface area contributed by atoms with Crippen molar-refractivity contribution in [2.45, 2.75) is 36.8 Å². The Hall–Kier alpha value is -0.570. The lowest BCUT2D eigenvalue weighted by molar-refractivity contribution is 0.0900. The van der Waals surface area contributed by atoms with Gasteiger partial charge in [0.25, 0.3) is 0 Å². The van der Waals surface area contributed by atoms with Gasteiger partial charge in [-0.05, 0) is 38.0 Å². The third-order valence-corrected chi connectivity index (χ3v) is 5.80. The van der Waals surface area contributed by atoms with Crippen molar-refractivity contribution in [1.82, 2.24) is 4.31 Å². The van der Waals surface area contributed by atoms with Gasteiger partial charge in [0.15, 0.2) is 0 Å². The summed E-state index contributed by atoms with van der Waals surface area (Å²) in [7, 11) is -2.14. The van der Waals surface area contributed by atoms with Crippen LogP contribution in [0.5, 0.6) is 5.75 Å². The number of nitrogens with zero attached hydrogens (tertiary/aromatic N) is 1. The molecule has 0 aliphatic carbocycles. The van der Waals surface area contributed by atoms with Crippen molar-refractivity contribution in [2.24, 2.45) is 5.73 Å². The molecule has 24 heavy (non-hydrogen) atoms. The van der Waals surface area contributed by atoms with Crippen LogP contribution in [0.4, 0.5) is 0 Å². The molecule has 0 radical (unpaired) electrons. The lowest BCUT2D eigenvalue weighted by Crippen LogP contribution is -2.45. The van der Waals surface area contributed by atoms with Gasteiger partial charge in [0, 0.05) is 31.3 Å². The molecule has 6 nitrogen and oxygen atoms in total. The summed E-state index contributed by atoms with van der Waals surface area (Å²) in [4.78, 5) is 0.0713. The van der Waals surface area contributed by atoms with Crippen LogP contribution in [0.1, 0.15) is 19.8 Å². The number of rotatable bonds is 6. The number of benzene rings is 1. The summed E-state index contributed by atoms with van der Waals surface area (Å²) >= 11 is 6.00. The summed E-state index contributed by atoms with van der Waals surface area (Å²) in [5.74, 6) is 0.276. The van der Waals surface area contributed by atoms with E-state index in [1.165, 1.54) is 10.4 Å². The monoisotopic (exact) mass is 398 g/mol. The smallest absolute Gasteiger partial charge is 0.246 e. The van der Waals surface area contributed by atoms with Crippen LogP contribution in [0.25, 0.3) is 0 Å². The Balaban J connectivity index is 0.00000288. The summed E-state index contributed by atoms with van der Waals surface area (Å²) in [5, 5.41) is 0.344. The number of nitrogens with two attached hydrogens (primary N) is 1. The fourth-order valence-corrected chi connectivity index (χ4v) is 4.52. The second-order valence-electron chi connectivity index (χ2n) is 5.74. The molecular formula is C15H24Cl2N2O4S. The van der Waals surface area contributed by atoms with Crippen molar-refractivity contribution < 1.29 is 17.9 Å². The third kappa shape index (κ3) is 5.21. The van der Waals surface area contributed by atoms with Gasteiger partial charge in [0.2, 0.25) is 10.0 Å². The Morgan fingerprint density at radius 1 is 1.46 bits per heavy atom. The van der Waals surface area contributed by atoms with Crippen LogP contribution in [0.15, 0.2) is 23.1 Å². The molecule has 2 N–H and O–H groups in total. The van der Waals surface area contributed by atoms with Gasteiger partial charge >= 0.3 is 0 Å². The summed E-state index contributed by atoms with van der Waals surface area (Å²) in [6, 6.07) is 4.46. The Bertz CT molecular complexity index is 642. The molecule has 2 rings (SSSR count). The Morgan fingerprint density at radius 2 is 2.17 bits per heavy atom. The van der Waals surface area contributed by atoms with Crippen molar-refractivity contribution in [3.05, 3.63) is 23.2 Å². The van der Waals surface area contributed by atoms with Crippen LogP contribution < -0.4 is 10.5 Å². The average Bonchev–Trinajstić information content (AvgIpc) is 2.49. The van der Waals surface area contributed by atoms with Crippen molar-refractivity contribution in [2.75, 3.05) is 26.8 Å². The van der Waals surface area contributed by atoms with E-state index in [0.29, 0.717) is 24.7 Å². The molecule has 0 bridgehead atoms. The van der Waals surface area contributed by atoms with Gasteiger partial charge < -0.3 is 15.2 Å². The zero-order chi connectivity index (χ0) is 17.0. The number of piperidine rings is 1. The highest BCUT2D eigenvalue weighted by Crippen LogP contribution is 2.31. The predicted molar refractivity (Wildman–Crippen MR) is 96.6 cm³/mol. The molecule has 1 aromatic carbocycles. The molecule has 9 heteroatoms. The third-order valence-electron chi connectivity index (χ3n) is 3.67. The first-order valence-electron chi connectivity index (χ1n) is 7.55. The summed E-state index contributed by atoms with van der Waals surface area (Å²) in [6.07, 6.45) is 1.30. The van der Waals surface area contributed by atoms with Gasteiger partial charge in [0.1, 0.15) is 16.7 Å². The van der Waals surface area contributed by atoms with E-state index in [9.17, 15) is 8.42 Å². The van der Waals surface area contributed by atoms with Gasteiger partial charge in [-0.3, -0.25) is 0 Å². The molecule has 1 fully saturated rings. The Kier molecular flexibility index (Phi) is 8.25. The fraction of sp³-hybridized carbons (Fsp3) is 0.600. The largest absolute Gasteiger partial charge is 0.487 e. The van der Waals surface area contributed by atoms with Crippen molar-refractivity contribution >= 4 is 34.0 Å². The topological polar surface area (TPSA) is 81.9 Å². The van der Waals surface area contributed by atoms with E-state index in [0.717, 1.165) is 12.8 Å². The fourth-order valence-electron chi connectivity index (χ4n) is 2.60. The number of hydrogen-bond acceptors (Lipinski definition) is 5. The molecule has 0 spiro atoms. The standard InChI is InChI=1S/C15H23ClN2O4S.ClH/c1-11(10-21-2)22-14-6-5-12(16)8-15(14)23(19,20)18-7-3-4-13(17)9-18;/h5-6,8,11,13H,3-4,7,9-10,17H2,1-2H3;1H. The molecular weight excluding hydrogens is 375 g/mol. The predicted octanol–water partition coefficient (Wildman–Crippen LogP) is 2.29. The van der Waals surface area contributed by atoms with E-state index in [1.807, 2.05) is 6.92 Å². The molecule has 138 valence electrons. The second kappa shape index (κ2) is 9.22.